The number of hydroxylamine groups is 2. The van der Waals surface area contributed by atoms with Crippen molar-refractivity contribution in [2.45, 2.75) is 32.7 Å². The molecule has 4 aromatic rings. The molecule has 0 amide bonds. The van der Waals surface area contributed by atoms with Crippen LogP contribution in [0.25, 0.3) is 17.1 Å². The number of thioether (sulfide) groups is 1. The van der Waals surface area contributed by atoms with Crippen molar-refractivity contribution in [3.05, 3.63) is 102 Å². The monoisotopic (exact) mass is 636 g/mol. The van der Waals surface area contributed by atoms with Crippen LogP contribution in [0, 0.1) is 6.92 Å². The van der Waals surface area contributed by atoms with Crippen LogP contribution in [0.5, 0.6) is 5.75 Å². The van der Waals surface area contributed by atoms with Gasteiger partial charge in [-0.1, -0.05) is 61.2 Å². The van der Waals surface area contributed by atoms with Gasteiger partial charge in [0.25, 0.3) is 0 Å². The van der Waals surface area contributed by atoms with Crippen molar-refractivity contribution in [1.82, 2.24) is 19.8 Å². The number of hydrogen-bond acceptors (Lipinski definition) is 7. The van der Waals surface area contributed by atoms with E-state index in [1.165, 1.54) is 52.1 Å². The Labute approximate surface area is 261 Å². The standard InChI is InChI=1S/C31H27F3N6O2S2/c1-19-4-13-26-20(2)15-24-17-44-29(40(24)27(26)14-19)36-30(43)42-38(3)16-21-5-7-22(8-6-21)28-35-18-39(37-28)23-9-11-25(12-10-23)41-31(32,33)34/h4-15,18,20H,16-17H2,1-3H3/b36-29-. The summed E-state index contributed by atoms with van der Waals surface area (Å²) in [7, 11) is 1.79. The van der Waals surface area contributed by atoms with E-state index < -0.39 is 6.36 Å². The van der Waals surface area contributed by atoms with Gasteiger partial charge in [0, 0.05) is 30.0 Å². The molecule has 0 N–H and O–H groups in total. The van der Waals surface area contributed by atoms with Gasteiger partial charge in [-0.25, -0.2) is 9.67 Å². The first-order valence-electron chi connectivity index (χ1n) is 13.7. The highest BCUT2D eigenvalue weighted by molar-refractivity contribution is 8.14. The number of anilines is 1. The maximum atomic E-state index is 12.4. The summed E-state index contributed by atoms with van der Waals surface area (Å²) in [6.07, 6.45) is -0.967. The Kier molecular flexibility index (Phi) is 8.18. The van der Waals surface area contributed by atoms with Gasteiger partial charge < -0.3 is 9.57 Å². The van der Waals surface area contributed by atoms with E-state index in [0.29, 0.717) is 24.0 Å². The Morgan fingerprint density at radius 2 is 1.86 bits per heavy atom. The van der Waals surface area contributed by atoms with Gasteiger partial charge in [0.2, 0.25) is 0 Å². The third-order valence-electron chi connectivity index (χ3n) is 7.05. The quantitative estimate of drug-likeness (QED) is 0.160. The molecule has 3 aromatic carbocycles. The minimum Gasteiger partial charge on any atom is -0.406 e. The number of ether oxygens (including phenoxy) is 1. The summed E-state index contributed by atoms with van der Waals surface area (Å²) in [6, 6.07) is 19.6. The fraction of sp³-hybridized carbons (Fsp3) is 0.226. The maximum Gasteiger partial charge on any atom is 0.573 e. The highest BCUT2D eigenvalue weighted by Crippen LogP contribution is 2.43. The summed E-state index contributed by atoms with van der Waals surface area (Å²) in [4.78, 5) is 17.0. The maximum absolute atomic E-state index is 12.4. The van der Waals surface area contributed by atoms with Crippen LogP contribution in [-0.4, -0.2) is 49.3 Å². The Bertz CT molecular complexity index is 1750. The second-order valence-corrected chi connectivity index (χ2v) is 11.7. The minimum atomic E-state index is -4.74. The van der Waals surface area contributed by atoms with Gasteiger partial charge in [0.1, 0.15) is 12.1 Å². The van der Waals surface area contributed by atoms with Crippen molar-refractivity contribution >= 4 is 40.0 Å². The molecule has 1 atom stereocenters. The Morgan fingerprint density at radius 3 is 2.59 bits per heavy atom. The second kappa shape index (κ2) is 12.1. The molecule has 44 heavy (non-hydrogen) atoms. The van der Waals surface area contributed by atoms with Crippen molar-refractivity contribution < 1.29 is 22.7 Å². The molecular weight excluding hydrogens is 610 g/mol. The zero-order valence-electron chi connectivity index (χ0n) is 23.9. The van der Waals surface area contributed by atoms with Crippen LogP contribution >= 0.6 is 24.0 Å². The molecule has 226 valence electrons. The predicted molar refractivity (Wildman–Crippen MR) is 169 cm³/mol. The van der Waals surface area contributed by atoms with Crippen LogP contribution in [-0.2, 0) is 11.4 Å². The molecule has 0 spiro atoms. The lowest BCUT2D eigenvalue weighted by molar-refractivity contribution is -0.274. The lowest BCUT2D eigenvalue weighted by atomic mass is 9.93. The van der Waals surface area contributed by atoms with Crippen LogP contribution in [0.2, 0.25) is 0 Å². The predicted octanol–water partition coefficient (Wildman–Crippen LogP) is 7.40. The number of thiocarbonyl (C=S) groups is 1. The highest BCUT2D eigenvalue weighted by atomic mass is 32.2. The van der Waals surface area contributed by atoms with E-state index in [1.807, 2.05) is 24.3 Å². The number of rotatable bonds is 6. The number of hydrogen-bond donors (Lipinski definition) is 0. The Hall–Kier alpha value is -4.20. The fourth-order valence-electron chi connectivity index (χ4n) is 5.06. The van der Waals surface area contributed by atoms with Gasteiger partial charge in [-0.15, -0.1) is 23.3 Å². The van der Waals surface area contributed by atoms with E-state index in [9.17, 15) is 13.2 Å². The zero-order chi connectivity index (χ0) is 31.0. The van der Waals surface area contributed by atoms with Crippen molar-refractivity contribution in [1.29, 1.82) is 0 Å². The topological polar surface area (TPSA) is 68.0 Å². The molecule has 2 aliphatic heterocycles. The number of alkyl halides is 3. The van der Waals surface area contributed by atoms with Crippen LogP contribution in [0.4, 0.5) is 18.9 Å². The van der Waals surface area contributed by atoms with Gasteiger partial charge in [-0.05, 0) is 66.2 Å². The van der Waals surface area contributed by atoms with Gasteiger partial charge in [-0.3, -0.25) is 4.90 Å². The number of allylic oxidation sites excluding steroid dienone is 1. The average Bonchev–Trinajstić information content (AvgIpc) is 3.61. The number of amidine groups is 1. The Balaban J connectivity index is 1.07. The van der Waals surface area contributed by atoms with E-state index in [1.54, 1.807) is 23.9 Å². The number of fused-ring (bicyclic) bond motifs is 3. The average molecular weight is 637 g/mol. The summed E-state index contributed by atoms with van der Waals surface area (Å²) in [5.74, 6) is 1.34. The van der Waals surface area contributed by atoms with Crippen LogP contribution in [0.1, 0.15) is 29.5 Å². The number of halogens is 3. The number of aliphatic imine (C=N–C) groups is 1. The summed E-state index contributed by atoms with van der Waals surface area (Å²) >= 11 is 7.14. The fourth-order valence-corrected chi connectivity index (χ4v) is 6.33. The lowest BCUT2D eigenvalue weighted by Crippen LogP contribution is -2.28. The molecule has 0 radical (unpaired) electrons. The van der Waals surface area contributed by atoms with E-state index in [2.05, 4.69) is 62.8 Å². The zero-order valence-corrected chi connectivity index (χ0v) is 25.6. The first kappa shape index (κ1) is 29.9. The molecule has 1 unspecified atom stereocenters. The van der Waals surface area contributed by atoms with Crippen molar-refractivity contribution in [2.24, 2.45) is 4.99 Å². The molecule has 0 bridgehead atoms. The second-order valence-electron chi connectivity index (χ2n) is 10.4. The molecule has 6 rings (SSSR count). The van der Waals surface area contributed by atoms with Gasteiger partial charge in [0.15, 0.2) is 11.0 Å². The van der Waals surface area contributed by atoms with E-state index in [0.717, 1.165) is 27.7 Å². The molecule has 0 saturated carbocycles. The molecule has 1 aromatic heterocycles. The van der Waals surface area contributed by atoms with Crippen molar-refractivity contribution in [2.75, 3.05) is 17.7 Å². The summed E-state index contributed by atoms with van der Waals surface area (Å²) in [5.41, 5.74) is 7.11. The molecule has 1 fully saturated rings. The molecule has 2 aliphatic rings. The third kappa shape index (κ3) is 6.64. The Morgan fingerprint density at radius 1 is 1.11 bits per heavy atom. The van der Waals surface area contributed by atoms with Crippen molar-refractivity contribution in [3.63, 3.8) is 0 Å². The van der Waals surface area contributed by atoms with E-state index in [4.69, 9.17) is 17.1 Å². The first-order valence-corrected chi connectivity index (χ1v) is 15.0. The molecule has 0 aliphatic carbocycles. The molecule has 13 heteroatoms. The number of aromatic nitrogens is 3. The molecular formula is C31H27F3N6O2S2. The number of aryl methyl sites for hydroxylation is 1. The minimum absolute atomic E-state index is 0.133. The summed E-state index contributed by atoms with van der Waals surface area (Å²) in [5, 5.41) is 7.02. The third-order valence-corrected chi connectivity index (χ3v) is 8.19. The summed E-state index contributed by atoms with van der Waals surface area (Å²) in [6.45, 7) is 4.75. The van der Waals surface area contributed by atoms with E-state index in [-0.39, 0.29) is 10.9 Å². The number of benzene rings is 3. The van der Waals surface area contributed by atoms with Gasteiger partial charge in [0.05, 0.1) is 17.9 Å². The first-order chi connectivity index (χ1) is 21.0. The van der Waals surface area contributed by atoms with Crippen LogP contribution in [0.3, 0.4) is 0 Å². The van der Waals surface area contributed by atoms with Crippen LogP contribution < -0.4 is 9.64 Å². The molecule has 3 heterocycles. The molecule has 8 nitrogen and oxygen atoms in total. The smallest absolute Gasteiger partial charge is 0.406 e. The lowest BCUT2D eigenvalue weighted by Gasteiger charge is -2.30. The normalized spacial score (nSPS) is 17.0. The summed E-state index contributed by atoms with van der Waals surface area (Å²) < 4.78 is 42.7. The number of nitrogens with zero attached hydrogens (tertiary/aromatic N) is 6. The van der Waals surface area contributed by atoms with Gasteiger partial charge in [-0.2, -0.15) is 4.99 Å². The van der Waals surface area contributed by atoms with E-state index >= 15 is 0 Å². The SMILES string of the molecule is Cc1ccc2c(c1)N1C(=CC2C)CS/C1=N\C(=S)ON(C)Cc1ccc(-c2ncn(-c3ccc(OC(F)(F)F)cc3)n2)cc1. The van der Waals surface area contributed by atoms with Gasteiger partial charge >= 0.3 is 11.5 Å². The van der Waals surface area contributed by atoms with Crippen LogP contribution in [0.15, 0.2) is 89.8 Å². The molecule has 1 saturated heterocycles. The largest absolute Gasteiger partial charge is 0.573 e. The highest BCUT2D eigenvalue weighted by Gasteiger charge is 2.33. The van der Waals surface area contributed by atoms with Crippen molar-refractivity contribution in [3.8, 4) is 22.8 Å².